The zero-order valence-electron chi connectivity index (χ0n) is 13.0. The van der Waals surface area contributed by atoms with E-state index in [1.165, 1.54) is 28.8 Å². The van der Waals surface area contributed by atoms with Crippen LogP contribution in [-0.4, -0.2) is 34.1 Å². The van der Waals surface area contributed by atoms with Gasteiger partial charge in [0.2, 0.25) is 0 Å². The van der Waals surface area contributed by atoms with Crippen molar-refractivity contribution in [2.45, 2.75) is 30.3 Å². The van der Waals surface area contributed by atoms with Crippen LogP contribution in [0.4, 0.5) is 4.39 Å². The molecule has 7 heteroatoms. The highest BCUT2D eigenvalue weighted by Gasteiger charge is 2.24. The van der Waals surface area contributed by atoms with Crippen LogP contribution in [0.2, 0.25) is 0 Å². The molecule has 0 saturated heterocycles. The Kier molecular flexibility index (Phi) is 5.16. The van der Waals surface area contributed by atoms with Gasteiger partial charge in [-0.2, -0.15) is 5.26 Å². The van der Waals surface area contributed by atoms with E-state index in [4.69, 9.17) is 5.26 Å². The molecule has 1 N–H and O–H groups in total. The molecule has 2 aromatic rings. The number of rotatable bonds is 5. The highest BCUT2D eigenvalue weighted by molar-refractivity contribution is 8.00. The summed E-state index contributed by atoms with van der Waals surface area (Å²) in [6, 6.07) is 8.51. The van der Waals surface area contributed by atoms with Crippen molar-refractivity contribution in [3.8, 4) is 11.8 Å². The zero-order valence-corrected chi connectivity index (χ0v) is 13.9. The topological polar surface area (TPSA) is 58.9 Å². The molecule has 0 bridgehead atoms. The molecular formula is C15H19FN5S+. The number of hydrogen-bond acceptors (Lipinski definition) is 4. The smallest absolute Gasteiger partial charge is 0.197 e. The number of halogens is 1. The van der Waals surface area contributed by atoms with Crippen molar-refractivity contribution in [2.75, 3.05) is 14.1 Å². The van der Waals surface area contributed by atoms with E-state index in [9.17, 15) is 4.39 Å². The van der Waals surface area contributed by atoms with Gasteiger partial charge < -0.3 is 4.90 Å². The summed E-state index contributed by atoms with van der Waals surface area (Å²) < 4.78 is 15.1. The minimum Gasteiger partial charge on any atom is -0.331 e. The fourth-order valence-electron chi connectivity index (χ4n) is 1.91. The Balaban J connectivity index is 2.52. The van der Waals surface area contributed by atoms with Crippen LogP contribution in [0, 0.1) is 17.1 Å². The fraction of sp³-hybridized carbons (Fsp3) is 0.400. The molecule has 22 heavy (non-hydrogen) atoms. The molecule has 0 aliphatic rings. The fourth-order valence-corrected chi connectivity index (χ4v) is 2.67. The van der Waals surface area contributed by atoms with Crippen molar-refractivity contribution in [1.82, 2.24) is 14.8 Å². The summed E-state index contributed by atoms with van der Waals surface area (Å²) in [5.74, 6) is 0.503. The first kappa shape index (κ1) is 16.5. The number of thioether (sulfide) groups is 1. The summed E-state index contributed by atoms with van der Waals surface area (Å²) in [7, 11) is 4.08. The monoisotopic (exact) mass is 320 g/mol. The molecule has 1 heterocycles. The zero-order chi connectivity index (χ0) is 16.3. The van der Waals surface area contributed by atoms with E-state index >= 15 is 0 Å². The van der Waals surface area contributed by atoms with E-state index in [0.717, 1.165) is 11.5 Å². The van der Waals surface area contributed by atoms with Gasteiger partial charge >= 0.3 is 0 Å². The van der Waals surface area contributed by atoms with Crippen LogP contribution in [0.1, 0.15) is 25.7 Å². The van der Waals surface area contributed by atoms with Gasteiger partial charge in [-0.15, -0.1) is 10.2 Å². The summed E-state index contributed by atoms with van der Waals surface area (Å²) in [5.41, 5.74) is 0.794. The second kappa shape index (κ2) is 6.90. The molecule has 0 radical (unpaired) electrons. The molecule has 0 unspecified atom stereocenters. The third-order valence-electron chi connectivity index (χ3n) is 3.46. The lowest BCUT2D eigenvalue weighted by Gasteiger charge is -2.18. The largest absolute Gasteiger partial charge is 0.331 e. The van der Waals surface area contributed by atoms with E-state index in [-0.39, 0.29) is 17.1 Å². The first-order valence-corrected chi connectivity index (χ1v) is 7.89. The quantitative estimate of drug-likeness (QED) is 0.851. The van der Waals surface area contributed by atoms with Crippen LogP contribution in [0.15, 0.2) is 29.4 Å². The summed E-state index contributed by atoms with van der Waals surface area (Å²) in [6.07, 6.45) is 0. The van der Waals surface area contributed by atoms with Gasteiger partial charge in [0, 0.05) is 5.69 Å². The van der Waals surface area contributed by atoms with E-state index < -0.39 is 0 Å². The maximum Gasteiger partial charge on any atom is 0.197 e. The second-order valence-electron chi connectivity index (χ2n) is 5.34. The molecule has 1 aromatic heterocycles. The van der Waals surface area contributed by atoms with Gasteiger partial charge in [0.15, 0.2) is 11.0 Å². The molecule has 0 amide bonds. The maximum absolute atomic E-state index is 13.2. The van der Waals surface area contributed by atoms with E-state index in [1.807, 2.05) is 25.6 Å². The minimum absolute atomic E-state index is 0.115. The maximum atomic E-state index is 13.2. The first-order chi connectivity index (χ1) is 10.4. The number of hydrogen-bond donors (Lipinski definition) is 1. The predicted molar refractivity (Wildman–Crippen MR) is 83.5 cm³/mol. The molecule has 0 aliphatic carbocycles. The molecular weight excluding hydrogens is 301 g/mol. The Morgan fingerprint density at radius 3 is 2.41 bits per heavy atom. The lowest BCUT2D eigenvalue weighted by atomic mass is 10.2. The Morgan fingerprint density at radius 1 is 1.23 bits per heavy atom. The lowest BCUT2D eigenvalue weighted by molar-refractivity contribution is -0.890. The number of benzene rings is 1. The molecule has 0 saturated carbocycles. The van der Waals surface area contributed by atoms with Gasteiger partial charge in [0.05, 0.1) is 25.4 Å². The third-order valence-corrected chi connectivity index (χ3v) is 4.39. The normalized spacial score (nSPS) is 13.9. The van der Waals surface area contributed by atoms with Crippen LogP contribution in [0.3, 0.4) is 0 Å². The van der Waals surface area contributed by atoms with E-state index in [1.54, 1.807) is 12.1 Å². The van der Waals surface area contributed by atoms with Crippen LogP contribution < -0.4 is 4.90 Å². The summed E-state index contributed by atoms with van der Waals surface area (Å²) >= 11 is 1.34. The lowest BCUT2D eigenvalue weighted by Crippen LogP contribution is -3.05. The van der Waals surface area contributed by atoms with Gasteiger partial charge in [-0.25, -0.2) is 4.39 Å². The molecule has 1 aromatic carbocycles. The van der Waals surface area contributed by atoms with Crippen LogP contribution in [-0.2, 0) is 0 Å². The van der Waals surface area contributed by atoms with Crippen molar-refractivity contribution in [2.24, 2.45) is 0 Å². The summed E-state index contributed by atoms with van der Waals surface area (Å²) in [4.78, 5) is 1.21. The number of nitrogens with one attached hydrogen (secondary N) is 1. The van der Waals surface area contributed by atoms with Gasteiger partial charge in [-0.3, -0.25) is 4.57 Å². The number of nitriles is 1. The van der Waals surface area contributed by atoms with Crippen molar-refractivity contribution >= 4 is 11.8 Å². The van der Waals surface area contributed by atoms with Gasteiger partial charge in [0.25, 0.3) is 0 Å². The summed E-state index contributed by atoms with van der Waals surface area (Å²) in [6.45, 7) is 3.87. The second-order valence-corrected chi connectivity index (χ2v) is 6.65. The van der Waals surface area contributed by atoms with Gasteiger partial charge in [-0.1, -0.05) is 11.8 Å². The Morgan fingerprint density at radius 2 is 1.86 bits per heavy atom. The molecule has 116 valence electrons. The molecule has 5 nitrogen and oxygen atoms in total. The predicted octanol–water partition coefficient (Wildman–Crippen LogP) is 1.62. The molecule has 0 spiro atoms. The average Bonchev–Trinajstić information content (AvgIpc) is 2.90. The van der Waals surface area contributed by atoms with E-state index in [2.05, 4.69) is 23.2 Å². The Bertz CT molecular complexity index is 674. The molecule has 0 fully saturated rings. The van der Waals surface area contributed by atoms with Crippen molar-refractivity contribution < 1.29 is 9.29 Å². The Labute approximate surface area is 133 Å². The van der Waals surface area contributed by atoms with Gasteiger partial charge in [0.1, 0.15) is 11.9 Å². The average molecular weight is 320 g/mol. The van der Waals surface area contributed by atoms with Crippen LogP contribution in [0.5, 0.6) is 0 Å². The van der Waals surface area contributed by atoms with Crippen molar-refractivity contribution in [3.63, 3.8) is 0 Å². The molecule has 2 rings (SSSR count). The first-order valence-electron chi connectivity index (χ1n) is 7.01. The van der Waals surface area contributed by atoms with Crippen LogP contribution in [0.25, 0.3) is 5.69 Å². The highest BCUT2D eigenvalue weighted by atomic mass is 32.2. The standard InChI is InChI=1S/C15H18FN5S/c1-10(9-17)22-15-19-18-14(11(2)20(3)4)21(15)13-7-5-12(16)6-8-13/h5-8,10-11H,1-4H3/p+1/t10-,11+/m0/s1. The Hall–Kier alpha value is -1.91. The van der Waals surface area contributed by atoms with E-state index in [0.29, 0.717) is 5.16 Å². The van der Waals surface area contributed by atoms with Crippen molar-refractivity contribution in [1.29, 1.82) is 5.26 Å². The SMILES string of the molecule is C[C@H](c1nnc(S[C@@H](C)C#N)n1-c1ccc(F)cc1)[NH+](C)C. The minimum atomic E-state index is -0.288. The molecule has 2 atom stereocenters. The molecule has 0 aliphatic heterocycles. The number of aromatic nitrogens is 3. The van der Waals surface area contributed by atoms with Crippen LogP contribution >= 0.6 is 11.8 Å². The summed E-state index contributed by atoms with van der Waals surface area (Å²) in [5, 5.41) is 17.9. The highest BCUT2D eigenvalue weighted by Crippen LogP contribution is 2.27. The third kappa shape index (κ3) is 3.46. The van der Waals surface area contributed by atoms with Gasteiger partial charge in [-0.05, 0) is 38.1 Å². The van der Waals surface area contributed by atoms with Crippen molar-refractivity contribution in [3.05, 3.63) is 35.9 Å². The number of quaternary nitrogens is 1. The number of nitrogens with zero attached hydrogens (tertiary/aromatic N) is 4.